The van der Waals surface area contributed by atoms with Crippen molar-refractivity contribution in [3.8, 4) is 11.5 Å². The maximum atomic E-state index is 13.4. The maximum Gasteiger partial charge on any atom is 0.265 e. The van der Waals surface area contributed by atoms with Gasteiger partial charge in [0, 0.05) is 13.1 Å². The lowest BCUT2D eigenvalue weighted by atomic mass is 10.1. The molecule has 11 heteroatoms. The van der Waals surface area contributed by atoms with Gasteiger partial charge in [-0.1, -0.05) is 72.3 Å². The van der Waals surface area contributed by atoms with Crippen molar-refractivity contribution in [2.24, 2.45) is 0 Å². The van der Waals surface area contributed by atoms with Gasteiger partial charge >= 0.3 is 0 Å². The molecule has 4 aromatic carbocycles. The van der Waals surface area contributed by atoms with Gasteiger partial charge in [-0.2, -0.15) is 0 Å². The summed E-state index contributed by atoms with van der Waals surface area (Å²) in [6, 6.07) is 28.0. The number of halogens is 1. The number of anilines is 2. The molecule has 43 heavy (non-hydrogen) atoms. The zero-order valence-electron chi connectivity index (χ0n) is 23.0. The molecule has 0 aromatic heterocycles. The summed E-state index contributed by atoms with van der Waals surface area (Å²) in [6.45, 7) is 0.269. The van der Waals surface area contributed by atoms with Crippen molar-refractivity contribution in [1.82, 2.24) is 5.32 Å². The van der Waals surface area contributed by atoms with Crippen LogP contribution in [0.4, 0.5) is 11.4 Å². The molecule has 0 saturated heterocycles. The van der Waals surface area contributed by atoms with E-state index in [9.17, 15) is 18.0 Å². The van der Waals surface area contributed by atoms with Crippen LogP contribution in [-0.2, 0) is 32.6 Å². The van der Waals surface area contributed by atoms with Gasteiger partial charge < -0.3 is 19.7 Å². The highest BCUT2D eigenvalue weighted by Crippen LogP contribution is 2.36. The molecule has 0 fully saturated rings. The SMILES string of the molecule is O=C(NCc1ccccc1)[C@@H]1CN(C(=O)COc2ccc(S(=O)(=O)N3CCc4ccccc43)cc2Cl)c2ccccc2O1. The molecule has 4 aromatic rings. The Balaban J connectivity index is 1.13. The van der Waals surface area contributed by atoms with Crippen molar-refractivity contribution in [3.05, 3.63) is 113 Å². The Morgan fingerprint density at radius 2 is 1.65 bits per heavy atom. The van der Waals surface area contributed by atoms with Crippen molar-refractivity contribution in [2.75, 3.05) is 28.9 Å². The number of benzene rings is 4. The van der Waals surface area contributed by atoms with Crippen molar-refractivity contribution >= 4 is 44.8 Å². The zero-order chi connectivity index (χ0) is 30.0. The second-order valence-electron chi connectivity index (χ2n) is 10.1. The number of fused-ring (bicyclic) bond motifs is 2. The van der Waals surface area contributed by atoms with Gasteiger partial charge in [0.25, 0.3) is 21.8 Å². The maximum absolute atomic E-state index is 13.4. The summed E-state index contributed by atoms with van der Waals surface area (Å²) in [5, 5.41) is 2.92. The molecule has 0 spiro atoms. The van der Waals surface area contributed by atoms with E-state index in [0.717, 1.165) is 11.1 Å². The molecule has 0 unspecified atom stereocenters. The summed E-state index contributed by atoms with van der Waals surface area (Å²) in [5.74, 6) is -0.205. The van der Waals surface area contributed by atoms with Crippen molar-refractivity contribution in [1.29, 1.82) is 0 Å². The van der Waals surface area contributed by atoms with E-state index in [2.05, 4.69) is 5.32 Å². The van der Waals surface area contributed by atoms with Crippen LogP contribution >= 0.6 is 11.6 Å². The monoisotopic (exact) mass is 617 g/mol. The average Bonchev–Trinajstić information content (AvgIpc) is 3.48. The fourth-order valence-electron chi connectivity index (χ4n) is 5.17. The normalized spacial score (nSPS) is 15.7. The smallest absolute Gasteiger partial charge is 0.265 e. The van der Waals surface area contributed by atoms with Crippen molar-refractivity contribution in [2.45, 2.75) is 24.0 Å². The third-order valence-corrected chi connectivity index (χ3v) is 9.47. The quantitative estimate of drug-likeness (QED) is 0.310. The Morgan fingerprint density at radius 1 is 0.930 bits per heavy atom. The molecular weight excluding hydrogens is 590 g/mol. The zero-order valence-corrected chi connectivity index (χ0v) is 24.6. The number of rotatable bonds is 8. The second-order valence-corrected chi connectivity index (χ2v) is 12.4. The molecule has 0 saturated carbocycles. The van der Waals surface area contributed by atoms with Crippen LogP contribution in [0.25, 0.3) is 0 Å². The average molecular weight is 618 g/mol. The van der Waals surface area contributed by atoms with Gasteiger partial charge in [0.15, 0.2) is 12.7 Å². The van der Waals surface area contributed by atoms with E-state index >= 15 is 0 Å². The molecule has 2 aliphatic rings. The fraction of sp³-hybridized carbons (Fsp3) is 0.188. The molecule has 9 nitrogen and oxygen atoms in total. The van der Waals surface area contributed by atoms with Crippen molar-refractivity contribution in [3.63, 3.8) is 0 Å². The number of hydrogen-bond acceptors (Lipinski definition) is 6. The van der Waals surface area contributed by atoms with Crippen LogP contribution in [-0.4, -0.2) is 46.0 Å². The number of carbonyl (C=O) groups is 2. The van der Waals surface area contributed by atoms with E-state index in [1.54, 1.807) is 36.4 Å². The van der Waals surface area contributed by atoms with E-state index in [-0.39, 0.29) is 28.1 Å². The minimum absolute atomic E-state index is 0.0119. The summed E-state index contributed by atoms with van der Waals surface area (Å²) in [6.07, 6.45) is -0.293. The van der Waals surface area contributed by atoms with Gasteiger partial charge in [-0.05, 0) is 53.9 Å². The van der Waals surface area contributed by atoms with Crippen LogP contribution in [0.15, 0.2) is 102 Å². The predicted molar refractivity (Wildman–Crippen MR) is 163 cm³/mol. The van der Waals surface area contributed by atoms with Gasteiger partial charge in [0.1, 0.15) is 11.5 Å². The number of amides is 2. The number of ether oxygens (including phenoxy) is 2. The van der Waals surface area contributed by atoms with E-state index in [0.29, 0.717) is 36.6 Å². The summed E-state index contributed by atoms with van der Waals surface area (Å²) in [4.78, 5) is 27.8. The first-order valence-corrected chi connectivity index (χ1v) is 15.5. The van der Waals surface area contributed by atoms with Crippen LogP contribution in [0.5, 0.6) is 11.5 Å². The molecule has 1 atom stereocenters. The molecular formula is C32H28ClN3O6S. The fourth-order valence-corrected chi connectivity index (χ4v) is 7.00. The van der Waals surface area contributed by atoms with Crippen LogP contribution in [0, 0.1) is 0 Å². The lowest BCUT2D eigenvalue weighted by Gasteiger charge is -2.34. The Hall–Kier alpha value is -4.54. The van der Waals surface area contributed by atoms with Crippen LogP contribution in [0.3, 0.4) is 0 Å². The molecule has 2 aliphatic heterocycles. The second kappa shape index (κ2) is 12.0. The Kier molecular flexibility index (Phi) is 7.96. The Morgan fingerprint density at radius 3 is 2.44 bits per heavy atom. The molecule has 2 amide bonds. The van der Waals surface area contributed by atoms with E-state index < -0.39 is 28.6 Å². The highest BCUT2D eigenvalue weighted by atomic mass is 35.5. The summed E-state index contributed by atoms with van der Waals surface area (Å²) in [7, 11) is -3.84. The summed E-state index contributed by atoms with van der Waals surface area (Å²) < 4.78 is 39.8. The van der Waals surface area contributed by atoms with E-state index in [4.69, 9.17) is 21.1 Å². The summed E-state index contributed by atoms with van der Waals surface area (Å²) >= 11 is 6.44. The molecule has 2 heterocycles. The van der Waals surface area contributed by atoms with Gasteiger partial charge in [-0.15, -0.1) is 0 Å². The van der Waals surface area contributed by atoms with E-state index in [1.165, 1.54) is 27.4 Å². The number of hydrogen-bond donors (Lipinski definition) is 1. The summed E-state index contributed by atoms with van der Waals surface area (Å²) in [5.41, 5.74) is 3.08. The highest BCUT2D eigenvalue weighted by molar-refractivity contribution is 7.92. The first kappa shape index (κ1) is 28.6. The minimum atomic E-state index is -3.84. The molecule has 220 valence electrons. The standard InChI is InChI=1S/C32H28ClN3O6S/c33-25-18-24(43(39,40)36-17-16-23-10-4-5-11-26(23)36)14-15-28(25)41-21-31(37)35-20-30(42-29-13-7-6-12-27(29)35)32(38)34-19-22-8-2-1-3-9-22/h1-15,18,30H,16-17,19-21H2,(H,34,38)/t30-/m0/s1. The lowest BCUT2D eigenvalue weighted by molar-refractivity contribution is -0.128. The largest absolute Gasteiger partial charge is 0.482 e. The van der Waals surface area contributed by atoms with Crippen molar-refractivity contribution < 1.29 is 27.5 Å². The number of para-hydroxylation sites is 3. The predicted octanol–water partition coefficient (Wildman–Crippen LogP) is 4.58. The first-order chi connectivity index (χ1) is 20.8. The molecule has 0 bridgehead atoms. The molecule has 0 aliphatic carbocycles. The van der Waals surface area contributed by atoms with Crippen LogP contribution < -0.4 is 24.0 Å². The molecule has 6 rings (SSSR count). The third kappa shape index (κ3) is 5.89. The van der Waals surface area contributed by atoms with Gasteiger partial charge in [-0.3, -0.25) is 13.9 Å². The number of sulfonamides is 1. The number of nitrogens with one attached hydrogen (secondary N) is 1. The molecule has 0 radical (unpaired) electrons. The Bertz CT molecular complexity index is 1780. The number of carbonyl (C=O) groups excluding carboxylic acids is 2. The first-order valence-electron chi connectivity index (χ1n) is 13.7. The third-order valence-electron chi connectivity index (χ3n) is 7.36. The van der Waals surface area contributed by atoms with Gasteiger partial charge in [0.2, 0.25) is 0 Å². The Labute approximate surface area is 254 Å². The highest BCUT2D eigenvalue weighted by Gasteiger charge is 2.34. The minimum Gasteiger partial charge on any atom is -0.482 e. The van der Waals surface area contributed by atoms with Crippen LogP contribution in [0.1, 0.15) is 11.1 Å². The van der Waals surface area contributed by atoms with E-state index in [1.807, 2.05) is 42.5 Å². The van der Waals surface area contributed by atoms with Crippen LogP contribution in [0.2, 0.25) is 5.02 Å². The number of nitrogens with zero attached hydrogens (tertiary/aromatic N) is 2. The molecule has 1 N–H and O–H groups in total. The van der Waals surface area contributed by atoms with Gasteiger partial charge in [0.05, 0.1) is 27.8 Å². The van der Waals surface area contributed by atoms with Gasteiger partial charge in [-0.25, -0.2) is 8.42 Å². The topological polar surface area (TPSA) is 105 Å². The lowest BCUT2D eigenvalue weighted by Crippen LogP contribution is -2.51.